The molecule has 0 aliphatic rings. The molecule has 0 bridgehead atoms. The van der Waals surface area contributed by atoms with Gasteiger partial charge in [-0.25, -0.2) is 4.21 Å². The van der Waals surface area contributed by atoms with Crippen LogP contribution in [0.1, 0.15) is 29.9 Å². The van der Waals surface area contributed by atoms with Crippen molar-refractivity contribution in [1.29, 1.82) is 5.26 Å². The topological polar surface area (TPSA) is 45.8 Å². The zero-order valence-electron chi connectivity index (χ0n) is 16.4. The summed E-state index contributed by atoms with van der Waals surface area (Å²) in [4.78, 5) is 1.96. The molecule has 0 amide bonds. The van der Waals surface area contributed by atoms with Gasteiger partial charge in [0.2, 0.25) is 0 Å². The van der Waals surface area contributed by atoms with Gasteiger partial charge in [-0.3, -0.25) is 3.97 Å². The summed E-state index contributed by atoms with van der Waals surface area (Å²) in [6, 6.07) is 17.5. The van der Waals surface area contributed by atoms with Crippen LogP contribution in [0.25, 0.3) is 22.0 Å². The highest BCUT2D eigenvalue weighted by atomic mass is 32.2. The largest absolute Gasteiger partial charge is 0.262 e. The Morgan fingerprint density at radius 2 is 1.71 bits per heavy atom. The van der Waals surface area contributed by atoms with E-state index in [0.29, 0.717) is 5.56 Å². The second-order valence-corrected chi connectivity index (χ2v) is 8.65. The van der Waals surface area contributed by atoms with Gasteiger partial charge in [0, 0.05) is 22.0 Å². The number of rotatable bonds is 3. The Morgan fingerprint density at radius 3 is 2.32 bits per heavy atom. The molecule has 2 aromatic carbocycles. The third-order valence-corrected chi connectivity index (χ3v) is 6.63. The average Bonchev–Trinajstić information content (AvgIpc) is 3.32. The van der Waals surface area contributed by atoms with E-state index in [0.717, 1.165) is 32.5 Å². The van der Waals surface area contributed by atoms with Crippen molar-refractivity contribution in [2.24, 2.45) is 0 Å². The normalized spacial score (nSPS) is 11.5. The third kappa shape index (κ3) is 3.66. The number of hydrogen-bond acceptors (Lipinski definition) is 3. The molecular weight excluding hydrogens is 384 g/mol. The van der Waals surface area contributed by atoms with Gasteiger partial charge in [0.05, 0.1) is 22.0 Å². The maximum Gasteiger partial charge on any atom is 0.157 e. The fourth-order valence-corrected chi connectivity index (χ4v) is 4.90. The van der Waals surface area contributed by atoms with Gasteiger partial charge < -0.3 is 0 Å². The van der Waals surface area contributed by atoms with E-state index in [1.54, 1.807) is 21.4 Å². The van der Waals surface area contributed by atoms with E-state index >= 15 is 0 Å². The molecule has 1 atom stereocenters. The lowest BCUT2D eigenvalue weighted by Crippen LogP contribution is -2.03. The lowest BCUT2D eigenvalue weighted by molar-refractivity contribution is 0.678. The smallest absolute Gasteiger partial charge is 0.157 e. The second-order valence-electron chi connectivity index (χ2n) is 6.16. The predicted octanol–water partition coefficient (Wildman–Crippen LogP) is 6.46. The van der Waals surface area contributed by atoms with Crippen LogP contribution in [0, 0.1) is 25.2 Å². The number of aromatic nitrogens is 1. The van der Waals surface area contributed by atoms with Crippen LogP contribution in [0.5, 0.6) is 0 Å². The monoisotopic (exact) mass is 406 g/mol. The zero-order valence-corrected chi connectivity index (χ0v) is 18.0. The minimum absolute atomic E-state index is 0.602. The van der Waals surface area contributed by atoms with Crippen molar-refractivity contribution in [2.75, 3.05) is 0 Å². The van der Waals surface area contributed by atoms with Crippen LogP contribution in [0.3, 0.4) is 0 Å². The molecular formula is C23H22N2OS2. The van der Waals surface area contributed by atoms with Gasteiger partial charge in [-0.15, -0.1) is 11.3 Å². The quantitative estimate of drug-likeness (QED) is 0.392. The van der Waals surface area contributed by atoms with Crippen LogP contribution >= 0.6 is 11.3 Å². The second kappa shape index (κ2) is 8.55. The van der Waals surface area contributed by atoms with E-state index < -0.39 is 11.0 Å². The summed E-state index contributed by atoms with van der Waals surface area (Å²) in [5.74, 6) is 0. The Hall–Kier alpha value is -2.68. The van der Waals surface area contributed by atoms with E-state index in [2.05, 4.69) is 24.4 Å². The maximum absolute atomic E-state index is 13.2. The first-order chi connectivity index (χ1) is 13.6. The van der Waals surface area contributed by atoms with Crippen LogP contribution in [0.4, 0.5) is 0 Å². The van der Waals surface area contributed by atoms with Crippen molar-refractivity contribution in [1.82, 2.24) is 3.97 Å². The van der Waals surface area contributed by atoms with Crippen LogP contribution in [0.2, 0.25) is 0 Å². The fraction of sp³-hybridized carbons (Fsp3) is 0.174. The molecule has 4 aromatic rings. The zero-order chi connectivity index (χ0) is 20.3. The van der Waals surface area contributed by atoms with Gasteiger partial charge in [0.25, 0.3) is 0 Å². The molecule has 2 heterocycles. The first-order valence-electron chi connectivity index (χ1n) is 9.17. The molecule has 0 radical (unpaired) electrons. The standard InChI is InChI=1S/C21H16N2OS2.C2H6/c1-14-3-6-17(7-4-14)26(24)23-13-20(18-9-10-25-15(18)2)19-11-16(12-22)5-8-21(19)23;1-2/h3-11,13H,1-2H3;1-2H3. The first kappa shape index (κ1) is 20.1. The molecule has 28 heavy (non-hydrogen) atoms. The molecule has 0 N–H and O–H groups in total. The van der Waals surface area contributed by atoms with Crippen molar-refractivity contribution in [2.45, 2.75) is 32.6 Å². The predicted molar refractivity (Wildman–Crippen MR) is 119 cm³/mol. The first-order valence-corrected chi connectivity index (χ1v) is 11.2. The van der Waals surface area contributed by atoms with Crippen molar-refractivity contribution in [3.8, 4) is 17.2 Å². The number of thiophene rings is 1. The molecule has 5 heteroatoms. The summed E-state index contributed by atoms with van der Waals surface area (Å²) in [6.45, 7) is 8.09. The number of hydrogen-bond donors (Lipinski definition) is 0. The number of benzene rings is 2. The number of nitriles is 1. The van der Waals surface area contributed by atoms with Crippen molar-refractivity contribution in [3.05, 3.63) is 76.1 Å². The Labute approximate surface area is 172 Å². The van der Waals surface area contributed by atoms with E-state index in [4.69, 9.17) is 0 Å². The fourth-order valence-electron chi connectivity index (χ4n) is 3.05. The van der Waals surface area contributed by atoms with Gasteiger partial charge in [-0.1, -0.05) is 31.5 Å². The Kier molecular flexibility index (Phi) is 6.13. The van der Waals surface area contributed by atoms with E-state index in [1.807, 2.05) is 63.4 Å². The molecule has 0 saturated heterocycles. The highest BCUT2D eigenvalue weighted by Crippen LogP contribution is 2.36. The van der Waals surface area contributed by atoms with E-state index in [9.17, 15) is 9.47 Å². The molecule has 2 aromatic heterocycles. The highest BCUT2D eigenvalue weighted by Gasteiger charge is 2.17. The Morgan fingerprint density at radius 1 is 1.00 bits per heavy atom. The van der Waals surface area contributed by atoms with Crippen molar-refractivity contribution >= 4 is 33.2 Å². The van der Waals surface area contributed by atoms with Crippen LogP contribution in [-0.4, -0.2) is 8.18 Å². The van der Waals surface area contributed by atoms with Gasteiger partial charge >= 0.3 is 0 Å². The van der Waals surface area contributed by atoms with Crippen LogP contribution in [-0.2, 0) is 11.0 Å². The highest BCUT2D eigenvalue weighted by molar-refractivity contribution is 7.83. The molecule has 1 unspecified atom stereocenters. The number of aryl methyl sites for hydroxylation is 2. The molecule has 4 rings (SSSR count). The minimum Gasteiger partial charge on any atom is -0.262 e. The summed E-state index contributed by atoms with van der Waals surface area (Å²) < 4.78 is 15.0. The van der Waals surface area contributed by atoms with Crippen molar-refractivity contribution < 1.29 is 4.21 Å². The molecule has 142 valence electrons. The molecule has 0 aliphatic carbocycles. The minimum atomic E-state index is -1.35. The summed E-state index contributed by atoms with van der Waals surface area (Å²) in [5, 5.41) is 12.3. The summed E-state index contributed by atoms with van der Waals surface area (Å²) in [5.41, 5.74) is 4.73. The Balaban J connectivity index is 0.00000109. The van der Waals surface area contributed by atoms with Crippen molar-refractivity contribution in [3.63, 3.8) is 0 Å². The summed E-state index contributed by atoms with van der Waals surface area (Å²) in [7, 11) is -1.35. The van der Waals surface area contributed by atoms with E-state index in [-0.39, 0.29) is 0 Å². The van der Waals surface area contributed by atoms with Gasteiger partial charge in [0.1, 0.15) is 0 Å². The molecule has 3 nitrogen and oxygen atoms in total. The summed E-state index contributed by atoms with van der Waals surface area (Å²) in [6.07, 6.45) is 1.94. The molecule has 0 spiro atoms. The van der Waals surface area contributed by atoms with Gasteiger partial charge in [0.15, 0.2) is 11.0 Å². The molecule has 0 fully saturated rings. The van der Waals surface area contributed by atoms with Gasteiger partial charge in [-0.05, 0) is 61.2 Å². The van der Waals surface area contributed by atoms with E-state index in [1.165, 1.54) is 4.88 Å². The third-order valence-electron chi connectivity index (χ3n) is 4.45. The summed E-state index contributed by atoms with van der Waals surface area (Å²) >= 11 is 1.68. The lowest BCUT2D eigenvalue weighted by Gasteiger charge is -2.05. The number of nitrogens with zero attached hydrogens (tertiary/aromatic N) is 2. The SMILES string of the molecule is CC.Cc1ccc(S(=O)n2cc(-c3ccsc3C)c3cc(C#N)ccc32)cc1. The van der Waals surface area contributed by atoms with Crippen LogP contribution in [0.15, 0.2) is 65.0 Å². The Bertz CT molecular complexity index is 1180. The van der Waals surface area contributed by atoms with Crippen LogP contribution < -0.4 is 0 Å². The lowest BCUT2D eigenvalue weighted by atomic mass is 10.0. The number of fused-ring (bicyclic) bond motifs is 1. The van der Waals surface area contributed by atoms with Gasteiger partial charge in [-0.2, -0.15) is 5.26 Å². The maximum atomic E-state index is 13.2. The average molecular weight is 407 g/mol. The molecule has 0 aliphatic heterocycles. The molecule has 0 saturated carbocycles.